The fraction of sp³-hybridized carbons (Fsp3) is 0.219. The first-order valence-corrected chi connectivity index (χ1v) is 15.6. The summed E-state index contributed by atoms with van der Waals surface area (Å²) >= 11 is 6.25. The summed E-state index contributed by atoms with van der Waals surface area (Å²) in [6, 6.07) is 8.51. The molecule has 0 saturated heterocycles. The molecular formula is C32H25ClF3N11O3. The molecule has 2 N–H and O–H groups in total. The number of carbonyl (C=O) groups excluding carboxylic acids is 1. The third-order valence-corrected chi connectivity index (χ3v) is 8.55. The largest absolute Gasteiger partial charge is 0.436 e. The van der Waals surface area contributed by atoms with Crippen LogP contribution in [0.3, 0.4) is 0 Å². The van der Waals surface area contributed by atoms with Crippen molar-refractivity contribution in [2.75, 3.05) is 5.32 Å². The molecule has 0 spiro atoms. The van der Waals surface area contributed by atoms with E-state index in [0.717, 1.165) is 10.9 Å². The molecule has 1 aliphatic heterocycles. The van der Waals surface area contributed by atoms with Crippen LogP contribution in [0.25, 0.3) is 33.9 Å². The monoisotopic (exact) mass is 703 g/mol. The van der Waals surface area contributed by atoms with Gasteiger partial charge in [0.25, 0.3) is 11.1 Å². The second-order valence-corrected chi connectivity index (χ2v) is 12.1. The molecule has 254 valence electrons. The van der Waals surface area contributed by atoms with Crippen LogP contribution in [0, 0.1) is 5.92 Å². The van der Waals surface area contributed by atoms with Crippen molar-refractivity contribution in [1.82, 2.24) is 49.3 Å². The van der Waals surface area contributed by atoms with E-state index in [0.29, 0.717) is 41.9 Å². The van der Waals surface area contributed by atoms with Gasteiger partial charge in [-0.15, -0.1) is 5.10 Å². The van der Waals surface area contributed by atoms with E-state index in [1.54, 1.807) is 25.3 Å². The number of nitrogens with one attached hydrogen (secondary N) is 2. The van der Waals surface area contributed by atoms with Crippen LogP contribution in [0.4, 0.5) is 18.9 Å². The van der Waals surface area contributed by atoms with Crippen LogP contribution in [0.15, 0.2) is 83.4 Å². The normalized spacial score (nSPS) is 16.6. The first kappa shape index (κ1) is 32.6. The Balaban J connectivity index is 1.30. The Bertz CT molecular complexity index is 2370. The number of nitrogens with zero attached hydrogens (tertiary/aromatic N) is 9. The van der Waals surface area contributed by atoms with Gasteiger partial charge >= 0.3 is 6.18 Å². The molecule has 14 nitrogen and oxygen atoms in total. The SMILES string of the molecule is CC1CCCC(n2cnc(-c3cc(Cl)ccc3-n3cc(C(F)(F)F)nn3)cc2=O)c2cc(ccn2)-c2nn(-c3cnc[nH]c3=O)cc2NC1=O. The smallest absolute Gasteiger partial charge is 0.323 e. The van der Waals surface area contributed by atoms with E-state index in [9.17, 15) is 27.6 Å². The number of aromatic amines is 1. The van der Waals surface area contributed by atoms with E-state index in [1.807, 2.05) is 0 Å². The Morgan fingerprint density at radius 1 is 0.980 bits per heavy atom. The van der Waals surface area contributed by atoms with Gasteiger partial charge in [-0.3, -0.25) is 23.9 Å². The molecule has 0 saturated carbocycles. The zero-order valence-corrected chi connectivity index (χ0v) is 26.7. The summed E-state index contributed by atoms with van der Waals surface area (Å²) in [6.07, 6.45) is 4.54. The number of amides is 1. The van der Waals surface area contributed by atoms with Crippen molar-refractivity contribution in [3.05, 3.63) is 111 Å². The lowest BCUT2D eigenvalue weighted by Gasteiger charge is -2.22. The summed E-state index contributed by atoms with van der Waals surface area (Å²) in [5.74, 6) is -0.653. The van der Waals surface area contributed by atoms with Crippen LogP contribution in [0.1, 0.15) is 43.6 Å². The van der Waals surface area contributed by atoms with Gasteiger partial charge in [-0.1, -0.05) is 30.2 Å². The minimum Gasteiger partial charge on any atom is -0.323 e. The van der Waals surface area contributed by atoms with Gasteiger partial charge in [-0.25, -0.2) is 19.3 Å². The molecule has 6 aromatic rings. The molecule has 2 atom stereocenters. The first-order valence-electron chi connectivity index (χ1n) is 15.2. The molecule has 1 amide bonds. The third-order valence-electron chi connectivity index (χ3n) is 8.31. The molecule has 7 rings (SSSR count). The highest BCUT2D eigenvalue weighted by Gasteiger charge is 2.35. The topological polar surface area (TPSA) is 171 Å². The van der Waals surface area contributed by atoms with Gasteiger partial charge < -0.3 is 10.3 Å². The summed E-state index contributed by atoms with van der Waals surface area (Å²) in [7, 11) is 0. The van der Waals surface area contributed by atoms with E-state index in [2.05, 4.69) is 40.7 Å². The molecule has 6 heterocycles. The number of rotatable bonds is 4. The fourth-order valence-corrected chi connectivity index (χ4v) is 5.90. The van der Waals surface area contributed by atoms with Gasteiger partial charge in [0.15, 0.2) is 5.69 Å². The fourth-order valence-electron chi connectivity index (χ4n) is 5.73. The first-order chi connectivity index (χ1) is 24.0. The maximum atomic E-state index is 13.8. The predicted molar refractivity (Wildman–Crippen MR) is 174 cm³/mol. The van der Waals surface area contributed by atoms with Crippen LogP contribution < -0.4 is 16.4 Å². The standard InChI is InChI=1S/C32H25ClF3N11O3/c1-17-3-2-4-25(22-9-18(7-8-38-22)29-23(41-30(17)49)13-46(43-29)26-12-37-15-39-31(26)50)45-16-40-21(11-28(45)48)20-10-19(33)5-6-24(20)47-14-27(42-44-47)32(34,35)36/h5-17,25H,2-4H2,1H3,(H,41,49)(H,37,39,50). The molecule has 2 unspecified atom stereocenters. The zero-order chi connectivity index (χ0) is 35.2. The van der Waals surface area contributed by atoms with Crippen molar-refractivity contribution in [1.29, 1.82) is 0 Å². The van der Waals surface area contributed by atoms with Crippen LogP contribution >= 0.6 is 11.6 Å². The highest BCUT2D eigenvalue weighted by molar-refractivity contribution is 6.31. The Morgan fingerprint density at radius 2 is 1.82 bits per heavy atom. The number of pyridine rings is 1. The van der Waals surface area contributed by atoms with Crippen LogP contribution in [-0.4, -0.2) is 55.2 Å². The van der Waals surface area contributed by atoms with Crippen molar-refractivity contribution in [3.63, 3.8) is 0 Å². The van der Waals surface area contributed by atoms with Gasteiger partial charge in [0.2, 0.25) is 5.91 Å². The minimum absolute atomic E-state index is 0.143. The Kier molecular flexibility index (Phi) is 8.35. The third kappa shape index (κ3) is 6.29. The number of hydrogen-bond donors (Lipinski definition) is 2. The molecule has 0 fully saturated rings. The van der Waals surface area contributed by atoms with Gasteiger partial charge in [0, 0.05) is 34.3 Å². The number of carbonyl (C=O) groups is 1. The van der Waals surface area contributed by atoms with Gasteiger partial charge in [-0.05, 0) is 43.2 Å². The summed E-state index contributed by atoms with van der Waals surface area (Å²) < 4.78 is 43.5. The number of benzene rings is 1. The Morgan fingerprint density at radius 3 is 2.58 bits per heavy atom. The number of hydrogen-bond acceptors (Lipinski definition) is 9. The maximum absolute atomic E-state index is 13.8. The van der Waals surface area contributed by atoms with Crippen molar-refractivity contribution >= 4 is 23.2 Å². The van der Waals surface area contributed by atoms with Gasteiger partial charge in [-0.2, -0.15) is 18.3 Å². The van der Waals surface area contributed by atoms with E-state index in [-0.39, 0.29) is 33.6 Å². The summed E-state index contributed by atoms with van der Waals surface area (Å²) in [6.45, 7) is 1.79. The lowest BCUT2D eigenvalue weighted by atomic mass is 9.97. The average molecular weight is 704 g/mol. The van der Waals surface area contributed by atoms with Gasteiger partial charge in [0.1, 0.15) is 11.4 Å². The van der Waals surface area contributed by atoms with Crippen LogP contribution in [-0.2, 0) is 11.0 Å². The molecule has 50 heavy (non-hydrogen) atoms. The van der Waals surface area contributed by atoms with Crippen molar-refractivity contribution < 1.29 is 18.0 Å². The van der Waals surface area contributed by atoms with E-state index >= 15 is 0 Å². The molecule has 1 aromatic carbocycles. The molecule has 18 heteroatoms. The number of halogens is 4. The molecule has 1 aliphatic rings. The Hall–Kier alpha value is -5.97. The molecular weight excluding hydrogens is 679 g/mol. The van der Waals surface area contributed by atoms with E-state index in [4.69, 9.17) is 11.6 Å². The van der Waals surface area contributed by atoms with Crippen molar-refractivity contribution in [2.24, 2.45) is 5.92 Å². The number of anilines is 1. The second-order valence-electron chi connectivity index (χ2n) is 11.6. The average Bonchev–Trinajstić information content (AvgIpc) is 3.75. The summed E-state index contributed by atoms with van der Waals surface area (Å²) in [5.41, 5.74) is 0.467. The zero-order valence-electron chi connectivity index (χ0n) is 26.0. The lowest BCUT2D eigenvalue weighted by molar-refractivity contribution is -0.141. The number of aromatic nitrogens is 10. The minimum atomic E-state index is -4.70. The van der Waals surface area contributed by atoms with E-state index < -0.39 is 34.9 Å². The number of H-pyrrole nitrogens is 1. The molecule has 0 radical (unpaired) electrons. The molecule has 2 bridgehead atoms. The highest BCUT2D eigenvalue weighted by Crippen LogP contribution is 2.34. The number of alkyl halides is 3. The van der Waals surface area contributed by atoms with Crippen LogP contribution in [0.2, 0.25) is 5.02 Å². The summed E-state index contributed by atoms with van der Waals surface area (Å²) in [4.78, 5) is 55.1. The van der Waals surface area contributed by atoms with E-state index in [1.165, 1.54) is 58.6 Å². The summed E-state index contributed by atoms with van der Waals surface area (Å²) in [5, 5.41) is 14.7. The van der Waals surface area contributed by atoms with Crippen molar-refractivity contribution in [2.45, 2.75) is 38.4 Å². The maximum Gasteiger partial charge on any atom is 0.436 e. The van der Waals surface area contributed by atoms with Crippen molar-refractivity contribution in [3.8, 4) is 33.9 Å². The molecule has 5 aromatic heterocycles. The number of fused-ring (bicyclic) bond motifs is 4. The molecule has 0 aliphatic carbocycles. The van der Waals surface area contributed by atoms with Gasteiger partial charge in [0.05, 0.1) is 60.0 Å². The predicted octanol–water partition coefficient (Wildman–Crippen LogP) is 4.84. The second kappa shape index (κ2) is 12.8. The highest BCUT2D eigenvalue weighted by atomic mass is 35.5. The quantitative estimate of drug-likeness (QED) is 0.261. The lowest BCUT2D eigenvalue weighted by Crippen LogP contribution is -2.27. The van der Waals surface area contributed by atoms with Crippen LogP contribution in [0.5, 0.6) is 0 Å². The Labute approximate surface area is 284 Å².